The van der Waals surface area contributed by atoms with Gasteiger partial charge in [-0.3, -0.25) is 9.36 Å². The molecule has 0 saturated carbocycles. The molecule has 4 rings (SSSR count). The highest BCUT2D eigenvalue weighted by molar-refractivity contribution is 8.19. The lowest BCUT2D eigenvalue weighted by molar-refractivity contribution is 0.0735. The van der Waals surface area contributed by atoms with Crippen LogP contribution in [-0.2, 0) is 6.54 Å². The predicted octanol–water partition coefficient (Wildman–Crippen LogP) is 3.41. The molecule has 1 saturated heterocycles. The molecule has 3 aromatic rings. The van der Waals surface area contributed by atoms with Crippen molar-refractivity contribution < 1.29 is 9.53 Å². The topological polar surface area (TPSA) is 81.2 Å². The number of aromatic amines is 1. The van der Waals surface area contributed by atoms with Crippen LogP contribution < -0.4 is 16.0 Å². The Hall–Kier alpha value is -2.45. The lowest BCUT2D eigenvalue weighted by Crippen LogP contribution is -2.34. The van der Waals surface area contributed by atoms with Crippen molar-refractivity contribution >= 4 is 40.4 Å². The maximum Gasteiger partial charge on any atom is 0.343 e. The van der Waals surface area contributed by atoms with E-state index in [4.69, 9.17) is 4.74 Å². The number of aromatic nitrogens is 2. The van der Waals surface area contributed by atoms with Gasteiger partial charge in [0, 0.05) is 18.1 Å². The highest BCUT2D eigenvalue weighted by Crippen LogP contribution is 2.45. The maximum absolute atomic E-state index is 12.5. The molecule has 1 N–H and O–H groups in total. The molecular formula is C20H18N2O4S2. The number of fused-ring (bicyclic) bond motifs is 1. The number of thioether (sulfide) groups is 2. The standard InChI is InChI=1S/C20H18N2O4S2/c1-2-22-17(23)15-8-5-13(11-16(15)21-20(22)25)18(24)26-14-6-3-12(4-7-14)19-27-9-10-28-19/h3-8,11,19H,2,9-10H2,1H3,(H,21,25). The van der Waals surface area contributed by atoms with E-state index in [2.05, 4.69) is 4.98 Å². The number of rotatable bonds is 4. The first-order valence-corrected chi connectivity index (χ1v) is 11.0. The molecule has 0 atom stereocenters. The second-order valence-electron chi connectivity index (χ2n) is 6.27. The van der Waals surface area contributed by atoms with E-state index in [9.17, 15) is 14.4 Å². The Morgan fingerprint density at radius 3 is 2.54 bits per heavy atom. The summed E-state index contributed by atoms with van der Waals surface area (Å²) < 4.78 is 7.00. The number of carbonyl (C=O) groups excluding carboxylic acids is 1. The number of nitrogens with zero attached hydrogens (tertiary/aromatic N) is 1. The number of benzene rings is 2. The van der Waals surface area contributed by atoms with Gasteiger partial charge in [-0.2, -0.15) is 0 Å². The summed E-state index contributed by atoms with van der Waals surface area (Å²) in [6.45, 7) is 2.01. The third kappa shape index (κ3) is 3.62. The van der Waals surface area contributed by atoms with E-state index in [1.807, 2.05) is 35.7 Å². The lowest BCUT2D eigenvalue weighted by atomic mass is 10.1. The van der Waals surface area contributed by atoms with Gasteiger partial charge in [0.1, 0.15) is 5.75 Å². The lowest BCUT2D eigenvalue weighted by Gasteiger charge is -2.10. The van der Waals surface area contributed by atoms with Crippen LogP contribution in [-0.4, -0.2) is 27.0 Å². The molecule has 1 fully saturated rings. The van der Waals surface area contributed by atoms with E-state index in [0.29, 0.717) is 21.2 Å². The van der Waals surface area contributed by atoms with E-state index < -0.39 is 11.7 Å². The van der Waals surface area contributed by atoms with Gasteiger partial charge in [-0.25, -0.2) is 9.59 Å². The van der Waals surface area contributed by atoms with Crippen LogP contribution in [0.3, 0.4) is 0 Å². The van der Waals surface area contributed by atoms with Crippen molar-refractivity contribution in [3.05, 3.63) is 74.4 Å². The zero-order valence-electron chi connectivity index (χ0n) is 15.1. The van der Waals surface area contributed by atoms with Gasteiger partial charge < -0.3 is 9.72 Å². The number of esters is 1. The molecule has 1 aliphatic heterocycles. The first kappa shape index (κ1) is 18.9. The normalized spacial score (nSPS) is 14.5. The number of H-pyrrole nitrogens is 1. The number of ether oxygens (including phenoxy) is 1. The Labute approximate surface area is 169 Å². The first-order chi connectivity index (χ1) is 13.6. The summed E-state index contributed by atoms with van der Waals surface area (Å²) >= 11 is 3.83. The summed E-state index contributed by atoms with van der Waals surface area (Å²) in [6.07, 6.45) is 0. The zero-order chi connectivity index (χ0) is 19.7. The number of hydrogen-bond donors (Lipinski definition) is 1. The van der Waals surface area contributed by atoms with E-state index in [1.54, 1.807) is 19.1 Å². The predicted molar refractivity (Wildman–Crippen MR) is 114 cm³/mol. The van der Waals surface area contributed by atoms with Crippen LogP contribution in [0.15, 0.2) is 52.1 Å². The van der Waals surface area contributed by atoms with Gasteiger partial charge in [0.05, 0.1) is 21.0 Å². The van der Waals surface area contributed by atoms with E-state index in [1.165, 1.54) is 23.8 Å². The van der Waals surface area contributed by atoms with Gasteiger partial charge in [-0.15, -0.1) is 23.5 Å². The molecule has 0 radical (unpaired) electrons. The summed E-state index contributed by atoms with van der Waals surface area (Å²) in [6, 6.07) is 12.1. The Morgan fingerprint density at radius 2 is 1.86 bits per heavy atom. The molecule has 8 heteroatoms. The Kier molecular flexibility index (Phi) is 5.32. The van der Waals surface area contributed by atoms with Gasteiger partial charge >= 0.3 is 11.7 Å². The molecule has 0 amide bonds. The van der Waals surface area contributed by atoms with Crippen LogP contribution in [0.5, 0.6) is 5.75 Å². The third-order valence-electron chi connectivity index (χ3n) is 4.52. The highest BCUT2D eigenvalue weighted by atomic mass is 32.2. The number of hydrogen-bond acceptors (Lipinski definition) is 6. The molecule has 0 unspecified atom stereocenters. The van der Waals surface area contributed by atoms with Gasteiger partial charge in [0.2, 0.25) is 0 Å². The average molecular weight is 415 g/mol. The molecular weight excluding hydrogens is 396 g/mol. The van der Waals surface area contributed by atoms with Crippen LogP contribution >= 0.6 is 23.5 Å². The maximum atomic E-state index is 12.5. The van der Waals surface area contributed by atoms with E-state index in [0.717, 1.165) is 16.1 Å². The molecule has 6 nitrogen and oxygen atoms in total. The van der Waals surface area contributed by atoms with Crippen LogP contribution in [0.1, 0.15) is 27.4 Å². The van der Waals surface area contributed by atoms with Crippen molar-refractivity contribution in [2.75, 3.05) is 11.5 Å². The second-order valence-corrected chi connectivity index (χ2v) is 9.00. The summed E-state index contributed by atoms with van der Waals surface area (Å²) in [4.78, 5) is 39.4. The summed E-state index contributed by atoms with van der Waals surface area (Å²) in [5.74, 6) is 2.22. The Morgan fingerprint density at radius 1 is 1.14 bits per heavy atom. The van der Waals surface area contributed by atoms with Crippen molar-refractivity contribution in [2.24, 2.45) is 0 Å². The Bertz CT molecular complexity index is 1150. The number of carbonyl (C=O) groups is 1. The summed E-state index contributed by atoms with van der Waals surface area (Å²) in [5, 5.41) is 0.355. The van der Waals surface area contributed by atoms with Crippen molar-refractivity contribution in [1.29, 1.82) is 0 Å². The average Bonchev–Trinajstić information content (AvgIpc) is 3.23. The molecule has 2 aromatic carbocycles. The van der Waals surface area contributed by atoms with E-state index in [-0.39, 0.29) is 17.7 Å². The molecule has 2 heterocycles. The smallest absolute Gasteiger partial charge is 0.343 e. The summed E-state index contributed by atoms with van der Waals surface area (Å²) in [7, 11) is 0. The van der Waals surface area contributed by atoms with Crippen LogP contribution in [0.2, 0.25) is 0 Å². The minimum Gasteiger partial charge on any atom is -0.423 e. The van der Waals surface area contributed by atoms with Crippen molar-refractivity contribution in [3.8, 4) is 5.75 Å². The van der Waals surface area contributed by atoms with Crippen LogP contribution in [0.4, 0.5) is 0 Å². The molecule has 144 valence electrons. The fourth-order valence-corrected chi connectivity index (χ4v) is 5.94. The minimum atomic E-state index is -0.542. The fourth-order valence-electron chi connectivity index (χ4n) is 3.08. The van der Waals surface area contributed by atoms with Gasteiger partial charge in [-0.05, 0) is 42.8 Å². The molecule has 0 spiro atoms. The molecule has 28 heavy (non-hydrogen) atoms. The number of nitrogens with one attached hydrogen (secondary N) is 1. The van der Waals surface area contributed by atoms with Gasteiger partial charge in [0.25, 0.3) is 5.56 Å². The molecule has 0 bridgehead atoms. The minimum absolute atomic E-state index is 0.266. The Balaban J connectivity index is 1.57. The fraction of sp³-hybridized carbons (Fsp3) is 0.250. The van der Waals surface area contributed by atoms with Crippen molar-refractivity contribution in [1.82, 2.24) is 9.55 Å². The summed E-state index contributed by atoms with van der Waals surface area (Å²) in [5.41, 5.74) is 0.925. The molecule has 1 aliphatic rings. The quantitative estimate of drug-likeness (QED) is 0.521. The SMILES string of the molecule is CCn1c(=O)[nH]c2cc(C(=O)Oc3ccc(C4SCCS4)cc3)ccc2c1=O. The molecule has 1 aromatic heterocycles. The highest BCUT2D eigenvalue weighted by Gasteiger charge is 2.18. The first-order valence-electron chi connectivity index (χ1n) is 8.89. The van der Waals surface area contributed by atoms with Crippen molar-refractivity contribution in [2.45, 2.75) is 18.1 Å². The van der Waals surface area contributed by atoms with Crippen LogP contribution in [0, 0.1) is 0 Å². The van der Waals surface area contributed by atoms with Crippen LogP contribution in [0.25, 0.3) is 10.9 Å². The van der Waals surface area contributed by atoms with Gasteiger partial charge in [0.15, 0.2) is 0 Å². The second kappa shape index (κ2) is 7.89. The largest absolute Gasteiger partial charge is 0.423 e. The molecule has 0 aliphatic carbocycles. The third-order valence-corrected chi connectivity index (χ3v) is 7.62. The zero-order valence-corrected chi connectivity index (χ0v) is 16.8. The monoisotopic (exact) mass is 414 g/mol. The van der Waals surface area contributed by atoms with E-state index >= 15 is 0 Å². The van der Waals surface area contributed by atoms with Crippen molar-refractivity contribution in [3.63, 3.8) is 0 Å². The van der Waals surface area contributed by atoms with Gasteiger partial charge in [-0.1, -0.05) is 12.1 Å².